The Kier molecular flexibility index (Phi) is 3.54. The van der Waals surface area contributed by atoms with Crippen molar-refractivity contribution in [1.29, 1.82) is 0 Å². The summed E-state index contributed by atoms with van der Waals surface area (Å²) >= 11 is 1.34. The third kappa shape index (κ3) is 2.87. The van der Waals surface area contributed by atoms with Crippen molar-refractivity contribution in [3.8, 4) is 0 Å². The summed E-state index contributed by atoms with van der Waals surface area (Å²) in [6.45, 7) is 0. The first-order valence-electron chi connectivity index (χ1n) is 5.73. The van der Waals surface area contributed by atoms with Crippen LogP contribution in [0, 0.1) is 0 Å². The van der Waals surface area contributed by atoms with Crippen LogP contribution >= 0.6 is 11.3 Å². The Balaban J connectivity index is 1.91. The van der Waals surface area contributed by atoms with Crippen molar-refractivity contribution in [2.75, 3.05) is 0 Å². The third-order valence-corrected chi connectivity index (χ3v) is 6.01. The van der Waals surface area contributed by atoms with E-state index in [0.29, 0.717) is 4.46 Å². The van der Waals surface area contributed by atoms with Gasteiger partial charge in [0.2, 0.25) is 0 Å². The molecule has 0 fully saturated rings. The Morgan fingerprint density at radius 1 is 1.00 bits per heavy atom. The van der Waals surface area contributed by atoms with Crippen LogP contribution in [0.25, 0.3) is 10.2 Å². The first-order chi connectivity index (χ1) is 9.52. The van der Waals surface area contributed by atoms with Crippen LogP contribution in [0.15, 0.2) is 48.5 Å². The van der Waals surface area contributed by atoms with Crippen molar-refractivity contribution >= 4 is 44.9 Å². The zero-order chi connectivity index (χ0) is 14.2. The molecule has 0 amide bonds. The number of alkyl halides is 3. The van der Waals surface area contributed by atoms with Gasteiger partial charge in [-0.05, 0) is 0 Å². The number of rotatable bonds is 2. The summed E-state index contributed by atoms with van der Waals surface area (Å²) in [5, 5.41) is 0. The second kappa shape index (κ2) is 5.20. The van der Waals surface area contributed by atoms with E-state index in [-0.39, 0.29) is 15.0 Å². The maximum atomic E-state index is 12.7. The van der Waals surface area contributed by atoms with Crippen LogP contribution in [0.2, 0.25) is 0 Å². The molecule has 102 valence electrons. The molecule has 0 bridgehead atoms. The molecular weight excluding hydrogens is 350 g/mol. The molecule has 6 heteroatoms. The van der Waals surface area contributed by atoms with E-state index in [1.54, 1.807) is 17.4 Å². The summed E-state index contributed by atoms with van der Waals surface area (Å²) in [6.07, 6.45) is -4.29. The molecule has 0 atom stereocenters. The Bertz CT molecular complexity index is 718. The monoisotopic (exact) mass is 359 g/mol. The molecule has 0 saturated carbocycles. The van der Waals surface area contributed by atoms with Crippen LogP contribution in [0.5, 0.6) is 0 Å². The number of nitrogens with zero attached hydrogens (tertiary/aromatic N) is 1. The molecular formula is C14H8F3NSSe. The fourth-order valence-electron chi connectivity index (χ4n) is 1.73. The molecule has 1 heterocycles. The van der Waals surface area contributed by atoms with Crippen molar-refractivity contribution < 1.29 is 13.2 Å². The standard InChI is InChI=1S/C14H8F3NSSe/c15-14(16,17)9-4-3-5-10(8-9)20-13-18-11-6-1-2-7-12(11)19-13/h1-8H. The normalized spacial score (nSPS) is 11.9. The van der Waals surface area contributed by atoms with E-state index in [2.05, 4.69) is 4.98 Å². The van der Waals surface area contributed by atoms with Crippen molar-refractivity contribution in [2.24, 2.45) is 0 Å². The van der Waals surface area contributed by atoms with E-state index in [0.717, 1.165) is 20.2 Å². The van der Waals surface area contributed by atoms with Crippen molar-refractivity contribution in [1.82, 2.24) is 4.98 Å². The second-order valence-electron chi connectivity index (χ2n) is 4.08. The molecule has 0 aliphatic heterocycles. The summed E-state index contributed by atoms with van der Waals surface area (Å²) in [4.78, 5) is 4.46. The number of halogens is 3. The van der Waals surface area contributed by atoms with Gasteiger partial charge in [-0.1, -0.05) is 0 Å². The van der Waals surface area contributed by atoms with E-state index >= 15 is 0 Å². The summed E-state index contributed by atoms with van der Waals surface area (Å²) < 4.78 is 40.6. The predicted molar refractivity (Wildman–Crippen MR) is 76.1 cm³/mol. The topological polar surface area (TPSA) is 12.9 Å². The van der Waals surface area contributed by atoms with E-state index in [1.165, 1.54) is 12.1 Å². The molecule has 0 unspecified atom stereocenters. The van der Waals surface area contributed by atoms with Crippen LogP contribution in [0.1, 0.15) is 5.56 Å². The molecule has 3 aromatic rings. The van der Waals surface area contributed by atoms with Gasteiger partial charge in [0.15, 0.2) is 0 Å². The Hall–Kier alpha value is -1.36. The van der Waals surface area contributed by atoms with Gasteiger partial charge >= 0.3 is 123 Å². The van der Waals surface area contributed by atoms with Crippen LogP contribution in [-0.2, 0) is 6.18 Å². The molecule has 2 aromatic carbocycles. The second-order valence-corrected chi connectivity index (χ2v) is 7.92. The van der Waals surface area contributed by atoms with E-state index in [4.69, 9.17) is 0 Å². The summed E-state index contributed by atoms with van der Waals surface area (Å²) in [7, 11) is 0. The molecule has 0 N–H and O–H groups in total. The molecule has 0 spiro atoms. The molecule has 1 nitrogen and oxygen atoms in total. The number of thiazole rings is 1. The Labute approximate surface area is 123 Å². The van der Waals surface area contributed by atoms with E-state index in [9.17, 15) is 13.2 Å². The average molecular weight is 358 g/mol. The minimum atomic E-state index is -4.29. The molecule has 1 aromatic heterocycles. The SMILES string of the molecule is FC(F)(F)c1cccc([Se]c2nc3ccccc3s2)c1. The Morgan fingerprint density at radius 2 is 1.80 bits per heavy atom. The van der Waals surface area contributed by atoms with Crippen LogP contribution in [0.3, 0.4) is 0 Å². The molecule has 0 saturated heterocycles. The van der Waals surface area contributed by atoms with Crippen molar-refractivity contribution in [3.63, 3.8) is 0 Å². The van der Waals surface area contributed by atoms with E-state index < -0.39 is 11.7 Å². The van der Waals surface area contributed by atoms with E-state index in [1.807, 2.05) is 24.3 Å². The molecule has 20 heavy (non-hydrogen) atoms. The first kappa shape index (κ1) is 13.6. The van der Waals surface area contributed by atoms with Crippen LogP contribution < -0.4 is 8.37 Å². The number of para-hydroxylation sites is 1. The molecule has 0 aliphatic carbocycles. The quantitative estimate of drug-likeness (QED) is 0.642. The van der Waals surface area contributed by atoms with Crippen molar-refractivity contribution in [2.45, 2.75) is 6.18 Å². The fourth-order valence-corrected chi connectivity index (χ4v) is 5.22. The number of aromatic nitrogens is 1. The fraction of sp³-hybridized carbons (Fsp3) is 0.0714. The minimum absolute atomic E-state index is 0.203. The van der Waals surface area contributed by atoms with Gasteiger partial charge in [0.05, 0.1) is 0 Å². The van der Waals surface area contributed by atoms with Gasteiger partial charge in [-0.25, -0.2) is 0 Å². The molecule has 3 rings (SSSR count). The van der Waals surface area contributed by atoms with Gasteiger partial charge in [0.25, 0.3) is 0 Å². The zero-order valence-electron chi connectivity index (χ0n) is 10.0. The Morgan fingerprint density at radius 3 is 2.55 bits per heavy atom. The molecule has 0 aliphatic rings. The number of hydrogen-bond donors (Lipinski definition) is 0. The van der Waals surface area contributed by atoms with Gasteiger partial charge in [-0.15, -0.1) is 0 Å². The number of hydrogen-bond acceptors (Lipinski definition) is 2. The summed E-state index contributed by atoms with van der Waals surface area (Å²) in [6, 6.07) is 13.2. The first-order valence-corrected chi connectivity index (χ1v) is 8.26. The summed E-state index contributed by atoms with van der Waals surface area (Å²) in [5.74, 6) is 0. The average Bonchev–Trinajstić information content (AvgIpc) is 2.80. The van der Waals surface area contributed by atoms with Crippen LogP contribution in [-0.4, -0.2) is 19.9 Å². The van der Waals surface area contributed by atoms with Gasteiger partial charge in [-0.2, -0.15) is 0 Å². The molecule has 0 radical (unpaired) electrons. The van der Waals surface area contributed by atoms with Crippen LogP contribution in [0.4, 0.5) is 13.2 Å². The van der Waals surface area contributed by atoms with Gasteiger partial charge in [-0.3, -0.25) is 0 Å². The zero-order valence-corrected chi connectivity index (χ0v) is 12.5. The summed E-state index contributed by atoms with van der Waals surface area (Å²) in [5.41, 5.74) is 0.305. The van der Waals surface area contributed by atoms with Gasteiger partial charge in [0.1, 0.15) is 0 Å². The number of benzene rings is 2. The predicted octanol–water partition coefficient (Wildman–Crippen LogP) is 2.97. The van der Waals surface area contributed by atoms with Gasteiger partial charge in [0, 0.05) is 0 Å². The number of fused-ring (bicyclic) bond motifs is 1. The van der Waals surface area contributed by atoms with Crippen molar-refractivity contribution in [3.05, 3.63) is 54.1 Å². The maximum absolute atomic E-state index is 12.7. The third-order valence-electron chi connectivity index (χ3n) is 2.64. The van der Waals surface area contributed by atoms with Gasteiger partial charge < -0.3 is 0 Å².